The topological polar surface area (TPSA) is 149 Å². The van der Waals surface area contributed by atoms with Gasteiger partial charge in [0.05, 0.1) is 15.5 Å². The molecule has 0 atom stereocenters. The van der Waals surface area contributed by atoms with Crippen molar-refractivity contribution in [3.8, 4) is 11.3 Å². The fourth-order valence-electron chi connectivity index (χ4n) is 2.60. The Kier molecular flexibility index (Phi) is 5.55. The van der Waals surface area contributed by atoms with Crippen LogP contribution in [0.4, 0.5) is 11.6 Å². The lowest BCUT2D eigenvalue weighted by Crippen LogP contribution is -2.17. The molecular weight excluding hydrogens is 432 g/mol. The summed E-state index contributed by atoms with van der Waals surface area (Å²) in [5.41, 5.74) is 1.19. The Morgan fingerprint density at radius 3 is 2.30 bits per heavy atom. The normalized spacial score (nSPS) is 11.8. The van der Waals surface area contributed by atoms with Gasteiger partial charge in [0, 0.05) is 30.0 Å². The maximum absolute atomic E-state index is 12.7. The molecule has 0 spiro atoms. The molecule has 3 rings (SSSR count). The van der Waals surface area contributed by atoms with Gasteiger partial charge in [-0.3, -0.25) is 10.1 Å². The number of anilines is 1. The molecule has 0 saturated carbocycles. The Labute approximate surface area is 172 Å². The summed E-state index contributed by atoms with van der Waals surface area (Å²) in [5, 5.41) is 10.6. The Hall–Kier alpha value is -3.38. The Morgan fingerprint density at radius 2 is 1.67 bits per heavy atom. The third-order valence-corrected chi connectivity index (χ3v) is 6.36. The highest BCUT2D eigenvalue weighted by Gasteiger charge is 2.22. The van der Waals surface area contributed by atoms with Crippen molar-refractivity contribution in [2.24, 2.45) is 0 Å². The molecule has 0 aliphatic rings. The van der Waals surface area contributed by atoms with E-state index in [4.69, 9.17) is 0 Å². The number of nitro groups is 1. The first-order valence-electron chi connectivity index (χ1n) is 8.40. The SMILES string of the molecule is Cc1ccccc1-c1cc(S(C)(=O)=O)nc(NS(=O)(=O)c2cccc([N+](=O)[O-])c2)n1. The van der Waals surface area contributed by atoms with Gasteiger partial charge >= 0.3 is 0 Å². The average Bonchev–Trinajstić information content (AvgIpc) is 2.67. The number of non-ortho nitro benzene ring substituents is 1. The second-order valence-electron chi connectivity index (χ2n) is 6.36. The van der Waals surface area contributed by atoms with E-state index in [1.165, 1.54) is 12.1 Å². The van der Waals surface area contributed by atoms with Crippen LogP contribution in [-0.4, -0.2) is 38.0 Å². The maximum atomic E-state index is 12.7. The zero-order valence-corrected chi connectivity index (χ0v) is 17.4. The fraction of sp³-hybridized carbons (Fsp3) is 0.111. The highest BCUT2D eigenvalue weighted by Crippen LogP contribution is 2.26. The largest absolute Gasteiger partial charge is 0.270 e. The first kappa shape index (κ1) is 21.3. The van der Waals surface area contributed by atoms with E-state index in [-0.39, 0.29) is 15.6 Å². The summed E-state index contributed by atoms with van der Waals surface area (Å²) in [6.45, 7) is 1.80. The summed E-state index contributed by atoms with van der Waals surface area (Å²) in [5.74, 6) is -0.470. The Balaban J connectivity index is 2.12. The summed E-state index contributed by atoms with van der Waals surface area (Å²) in [6, 6.07) is 12.7. The van der Waals surface area contributed by atoms with Crippen molar-refractivity contribution < 1.29 is 21.8 Å². The Morgan fingerprint density at radius 1 is 0.967 bits per heavy atom. The molecule has 1 N–H and O–H groups in total. The van der Waals surface area contributed by atoms with E-state index in [0.29, 0.717) is 5.56 Å². The van der Waals surface area contributed by atoms with Crippen LogP contribution < -0.4 is 4.72 Å². The summed E-state index contributed by atoms with van der Waals surface area (Å²) >= 11 is 0. The number of sulfonamides is 1. The first-order valence-corrected chi connectivity index (χ1v) is 11.8. The third kappa shape index (κ3) is 4.60. The molecule has 1 heterocycles. The monoisotopic (exact) mass is 448 g/mol. The van der Waals surface area contributed by atoms with Gasteiger partial charge in [0.1, 0.15) is 0 Å². The van der Waals surface area contributed by atoms with Crippen molar-refractivity contribution >= 4 is 31.5 Å². The van der Waals surface area contributed by atoms with Crippen LogP contribution in [0.3, 0.4) is 0 Å². The minimum atomic E-state index is -4.31. The Bertz CT molecular complexity index is 1350. The second kappa shape index (κ2) is 7.80. The van der Waals surface area contributed by atoms with Crippen LogP contribution in [0.1, 0.15) is 5.56 Å². The average molecular weight is 448 g/mol. The minimum absolute atomic E-state index is 0.209. The molecule has 3 aromatic rings. The number of hydrogen-bond acceptors (Lipinski definition) is 8. The van der Waals surface area contributed by atoms with Crippen molar-refractivity contribution in [1.29, 1.82) is 0 Å². The van der Waals surface area contributed by atoms with E-state index in [9.17, 15) is 26.9 Å². The van der Waals surface area contributed by atoms with E-state index in [1.54, 1.807) is 31.2 Å². The van der Waals surface area contributed by atoms with Crippen molar-refractivity contribution in [1.82, 2.24) is 9.97 Å². The number of rotatable bonds is 6. The lowest BCUT2D eigenvalue weighted by atomic mass is 10.1. The van der Waals surface area contributed by atoms with E-state index in [0.717, 1.165) is 30.0 Å². The van der Waals surface area contributed by atoms with Gasteiger partial charge in [0.2, 0.25) is 5.95 Å². The number of nitrogens with one attached hydrogen (secondary N) is 1. The quantitative estimate of drug-likeness (QED) is 0.343. The molecule has 1 aromatic heterocycles. The van der Waals surface area contributed by atoms with Crippen LogP contribution in [0, 0.1) is 17.0 Å². The van der Waals surface area contributed by atoms with E-state index in [2.05, 4.69) is 14.7 Å². The van der Waals surface area contributed by atoms with Gasteiger partial charge in [-0.1, -0.05) is 30.3 Å². The molecule has 0 aliphatic heterocycles. The minimum Gasteiger partial charge on any atom is -0.258 e. The number of hydrogen-bond donors (Lipinski definition) is 1. The number of nitrogens with zero attached hydrogens (tertiary/aromatic N) is 3. The first-order chi connectivity index (χ1) is 14.0. The van der Waals surface area contributed by atoms with Crippen molar-refractivity contribution in [2.75, 3.05) is 11.0 Å². The molecule has 30 heavy (non-hydrogen) atoms. The number of nitro benzene ring substituents is 1. The molecule has 0 saturated heterocycles. The maximum Gasteiger partial charge on any atom is 0.270 e. The highest BCUT2D eigenvalue weighted by molar-refractivity contribution is 7.92. The van der Waals surface area contributed by atoms with Gasteiger partial charge in [0.15, 0.2) is 14.9 Å². The summed E-state index contributed by atoms with van der Waals surface area (Å²) in [4.78, 5) is 17.8. The zero-order valence-electron chi connectivity index (χ0n) is 15.8. The lowest BCUT2D eigenvalue weighted by Gasteiger charge is -2.11. The number of sulfone groups is 1. The number of aromatic nitrogens is 2. The van der Waals surface area contributed by atoms with Crippen molar-refractivity contribution in [3.05, 3.63) is 70.3 Å². The van der Waals surface area contributed by atoms with E-state index >= 15 is 0 Å². The van der Waals surface area contributed by atoms with Crippen molar-refractivity contribution in [2.45, 2.75) is 16.8 Å². The molecule has 2 aromatic carbocycles. The molecule has 0 amide bonds. The van der Waals surface area contributed by atoms with Crippen LogP contribution in [-0.2, 0) is 19.9 Å². The summed E-state index contributed by atoms with van der Waals surface area (Å²) in [6.07, 6.45) is 0.940. The molecule has 0 aliphatic carbocycles. The van der Waals surface area contributed by atoms with Gasteiger partial charge in [-0.2, -0.15) is 0 Å². The van der Waals surface area contributed by atoms with Crippen LogP contribution >= 0.6 is 0 Å². The highest BCUT2D eigenvalue weighted by atomic mass is 32.2. The van der Waals surface area contributed by atoms with Gasteiger partial charge < -0.3 is 0 Å². The fourth-order valence-corrected chi connectivity index (χ4v) is 4.16. The molecule has 0 fully saturated rings. The lowest BCUT2D eigenvalue weighted by molar-refractivity contribution is -0.385. The molecular formula is C18H16N4O6S2. The van der Waals surface area contributed by atoms with E-state index in [1.807, 2.05) is 0 Å². The van der Waals surface area contributed by atoms with Gasteiger partial charge in [-0.15, -0.1) is 0 Å². The number of aryl methyl sites for hydroxylation is 1. The van der Waals surface area contributed by atoms with Crippen LogP contribution in [0.2, 0.25) is 0 Å². The standard InChI is InChI=1S/C18H16N4O6S2/c1-12-6-3-4-9-15(12)16-11-17(29(2,25)26)20-18(19-16)21-30(27,28)14-8-5-7-13(10-14)22(23)24/h3-11H,1-2H3,(H,19,20,21). The van der Waals surface area contributed by atoms with Gasteiger partial charge in [0.25, 0.3) is 15.7 Å². The van der Waals surface area contributed by atoms with Crippen LogP contribution in [0.15, 0.2) is 64.5 Å². The molecule has 12 heteroatoms. The molecule has 0 bridgehead atoms. The third-order valence-electron chi connectivity index (χ3n) is 4.07. The summed E-state index contributed by atoms with van der Waals surface area (Å²) < 4.78 is 51.6. The second-order valence-corrected chi connectivity index (χ2v) is 10.0. The van der Waals surface area contributed by atoms with Crippen molar-refractivity contribution in [3.63, 3.8) is 0 Å². The molecule has 0 unspecified atom stereocenters. The zero-order chi connectivity index (χ0) is 22.1. The van der Waals surface area contributed by atoms with Crippen LogP contribution in [0.5, 0.6) is 0 Å². The van der Waals surface area contributed by atoms with Crippen LogP contribution in [0.25, 0.3) is 11.3 Å². The molecule has 0 radical (unpaired) electrons. The van der Waals surface area contributed by atoms with E-state index < -0.39 is 36.4 Å². The van der Waals surface area contributed by atoms with Gasteiger partial charge in [-0.05, 0) is 18.6 Å². The predicted octanol–water partition coefficient (Wildman–Crippen LogP) is 2.56. The summed E-state index contributed by atoms with van der Waals surface area (Å²) in [7, 11) is -8.10. The number of benzene rings is 2. The molecule has 156 valence electrons. The smallest absolute Gasteiger partial charge is 0.258 e. The predicted molar refractivity (Wildman–Crippen MR) is 109 cm³/mol. The van der Waals surface area contributed by atoms with Gasteiger partial charge in [-0.25, -0.2) is 31.5 Å². The molecule has 10 nitrogen and oxygen atoms in total.